The first-order valence-corrected chi connectivity index (χ1v) is 7.69. The predicted octanol–water partition coefficient (Wildman–Crippen LogP) is 2.42. The quantitative estimate of drug-likeness (QED) is 0.918. The summed E-state index contributed by atoms with van der Waals surface area (Å²) in [4.78, 5) is 8.73. The molecule has 1 aliphatic rings. The maximum atomic E-state index is 7.00. The highest BCUT2D eigenvalue weighted by Crippen LogP contribution is 2.45. The van der Waals surface area contributed by atoms with Gasteiger partial charge in [-0.25, -0.2) is 9.97 Å². The van der Waals surface area contributed by atoms with E-state index in [-0.39, 0.29) is 0 Å². The van der Waals surface area contributed by atoms with Gasteiger partial charge in [0.05, 0.1) is 24.1 Å². The molecular formula is C16H24N4O2. The van der Waals surface area contributed by atoms with E-state index < -0.39 is 0 Å². The van der Waals surface area contributed by atoms with Gasteiger partial charge in [-0.1, -0.05) is 6.92 Å². The van der Waals surface area contributed by atoms with Crippen molar-refractivity contribution in [1.29, 1.82) is 0 Å². The van der Waals surface area contributed by atoms with E-state index in [4.69, 9.17) is 14.9 Å². The molecule has 6 nitrogen and oxygen atoms in total. The zero-order valence-electron chi connectivity index (χ0n) is 13.7. The molecule has 0 aromatic carbocycles. The summed E-state index contributed by atoms with van der Waals surface area (Å²) in [7, 11) is 2.65. The van der Waals surface area contributed by atoms with Gasteiger partial charge in [-0.05, 0) is 32.3 Å². The molecule has 1 saturated carbocycles. The lowest BCUT2D eigenvalue weighted by Crippen LogP contribution is -2.02. The summed E-state index contributed by atoms with van der Waals surface area (Å²) in [5, 5.41) is 11.7. The number of methoxy groups -OCH3 is 1. The van der Waals surface area contributed by atoms with Crippen molar-refractivity contribution >= 4 is 0 Å². The van der Waals surface area contributed by atoms with Crippen LogP contribution in [0.1, 0.15) is 44.0 Å². The van der Waals surface area contributed by atoms with Crippen molar-refractivity contribution in [3.8, 4) is 17.1 Å². The molecule has 2 heterocycles. The van der Waals surface area contributed by atoms with Crippen molar-refractivity contribution < 1.29 is 9.84 Å². The monoisotopic (exact) mass is 304 g/mol. The highest BCUT2D eigenvalue weighted by molar-refractivity contribution is 5.69. The number of nitrogens with zero attached hydrogens (tertiary/aromatic N) is 4. The third kappa shape index (κ3) is 3.11. The topological polar surface area (TPSA) is 73.1 Å². The fourth-order valence-electron chi connectivity index (χ4n) is 2.58. The van der Waals surface area contributed by atoms with E-state index >= 15 is 0 Å². The van der Waals surface area contributed by atoms with Crippen LogP contribution in [0.2, 0.25) is 0 Å². The molecule has 0 amide bonds. The number of aliphatic hydroxyl groups is 1. The number of ether oxygens (including phenoxy) is 1. The second kappa shape index (κ2) is 7.35. The Kier molecular flexibility index (Phi) is 5.49. The Labute approximate surface area is 131 Å². The molecule has 0 aliphatic heterocycles. The summed E-state index contributed by atoms with van der Waals surface area (Å²) < 4.78 is 7.47. The van der Waals surface area contributed by atoms with Gasteiger partial charge < -0.3 is 9.84 Å². The summed E-state index contributed by atoms with van der Waals surface area (Å²) in [5.41, 5.74) is 4.22. The van der Waals surface area contributed by atoms with Crippen LogP contribution < -0.4 is 4.74 Å². The molecule has 1 N–H and O–H groups in total. The van der Waals surface area contributed by atoms with Crippen LogP contribution in [0.25, 0.3) is 11.3 Å². The van der Waals surface area contributed by atoms with Crippen molar-refractivity contribution in [1.82, 2.24) is 19.7 Å². The van der Waals surface area contributed by atoms with E-state index in [1.165, 1.54) is 18.5 Å². The maximum Gasteiger partial charge on any atom is 0.226 e. The minimum absolute atomic E-state index is 0.541. The van der Waals surface area contributed by atoms with Crippen LogP contribution in [0.3, 0.4) is 0 Å². The second-order valence-corrected chi connectivity index (χ2v) is 5.11. The Hall–Kier alpha value is -1.95. The number of aryl methyl sites for hydroxylation is 2. The molecule has 0 spiro atoms. The van der Waals surface area contributed by atoms with Crippen LogP contribution in [0.5, 0.6) is 5.88 Å². The molecule has 6 heteroatoms. The van der Waals surface area contributed by atoms with Gasteiger partial charge in [0.1, 0.15) is 6.33 Å². The van der Waals surface area contributed by atoms with E-state index in [0.29, 0.717) is 11.8 Å². The Morgan fingerprint density at radius 3 is 2.50 bits per heavy atom. The van der Waals surface area contributed by atoms with E-state index in [1.807, 2.05) is 4.68 Å². The first-order valence-electron chi connectivity index (χ1n) is 7.69. The van der Waals surface area contributed by atoms with Crippen molar-refractivity contribution in [3.63, 3.8) is 0 Å². The third-order valence-corrected chi connectivity index (χ3v) is 3.78. The van der Waals surface area contributed by atoms with Gasteiger partial charge in [0, 0.05) is 25.3 Å². The molecule has 1 aliphatic carbocycles. The van der Waals surface area contributed by atoms with Crippen molar-refractivity contribution in [3.05, 3.63) is 23.8 Å². The molecule has 22 heavy (non-hydrogen) atoms. The number of rotatable bonds is 5. The number of hydrogen-bond donors (Lipinski definition) is 1. The number of aliphatic hydroxyl groups excluding tert-OH is 1. The minimum Gasteiger partial charge on any atom is -0.480 e. The summed E-state index contributed by atoms with van der Waals surface area (Å²) in [5.74, 6) is 1.17. The van der Waals surface area contributed by atoms with Crippen LogP contribution in [-0.2, 0) is 13.0 Å². The molecule has 0 unspecified atom stereocenters. The molecule has 0 radical (unpaired) electrons. The standard InChI is InChI=1S/C15H20N4O.CH4O/c1-4-11-8-12(18-19(11)5-2)13-14(10-6-7-10)16-9-17-15(13)20-3;1-2/h8-10H,4-7H2,1-3H3;2H,1H3. The van der Waals surface area contributed by atoms with Crippen LogP contribution in [0.4, 0.5) is 0 Å². The summed E-state index contributed by atoms with van der Waals surface area (Å²) in [6.07, 6.45) is 4.95. The second-order valence-electron chi connectivity index (χ2n) is 5.11. The average Bonchev–Trinajstić information content (AvgIpc) is 3.35. The van der Waals surface area contributed by atoms with Crippen LogP contribution in [0, 0.1) is 0 Å². The van der Waals surface area contributed by atoms with Crippen LogP contribution >= 0.6 is 0 Å². The van der Waals surface area contributed by atoms with E-state index in [0.717, 1.165) is 37.0 Å². The third-order valence-electron chi connectivity index (χ3n) is 3.78. The lowest BCUT2D eigenvalue weighted by atomic mass is 10.1. The lowest BCUT2D eigenvalue weighted by molar-refractivity contribution is 0.397. The Morgan fingerprint density at radius 1 is 1.27 bits per heavy atom. The number of hydrogen-bond acceptors (Lipinski definition) is 5. The van der Waals surface area contributed by atoms with Crippen molar-refractivity contribution in [2.75, 3.05) is 14.2 Å². The molecule has 1 fully saturated rings. The molecule has 3 rings (SSSR count). The maximum absolute atomic E-state index is 7.00. The summed E-state index contributed by atoms with van der Waals surface area (Å²) >= 11 is 0. The smallest absolute Gasteiger partial charge is 0.226 e. The molecule has 0 atom stereocenters. The highest BCUT2D eigenvalue weighted by atomic mass is 16.5. The lowest BCUT2D eigenvalue weighted by Gasteiger charge is -2.09. The van der Waals surface area contributed by atoms with Gasteiger partial charge in [-0.3, -0.25) is 4.68 Å². The van der Waals surface area contributed by atoms with Crippen LogP contribution in [-0.4, -0.2) is 39.1 Å². The van der Waals surface area contributed by atoms with Gasteiger partial charge in [0.2, 0.25) is 5.88 Å². The Morgan fingerprint density at radius 2 is 2.00 bits per heavy atom. The van der Waals surface area contributed by atoms with E-state index in [9.17, 15) is 0 Å². The zero-order valence-corrected chi connectivity index (χ0v) is 13.7. The van der Waals surface area contributed by atoms with Gasteiger partial charge in [-0.2, -0.15) is 5.10 Å². The fraction of sp³-hybridized carbons (Fsp3) is 0.562. The highest BCUT2D eigenvalue weighted by Gasteiger charge is 2.31. The van der Waals surface area contributed by atoms with Gasteiger partial charge in [-0.15, -0.1) is 0 Å². The molecular weight excluding hydrogens is 280 g/mol. The number of aromatic nitrogens is 4. The van der Waals surface area contributed by atoms with Crippen molar-refractivity contribution in [2.45, 2.75) is 45.6 Å². The Balaban J connectivity index is 0.000000847. The Bertz CT molecular complexity index is 599. The molecule has 2 aromatic heterocycles. The molecule has 2 aromatic rings. The minimum atomic E-state index is 0.541. The van der Waals surface area contributed by atoms with Crippen LogP contribution in [0.15, 0.2) is 12.4 Å². The summed E-state index contributed by atoms with van der Waals surface area (Å²) in [6, 6.07) is 2.14. The molecule has 0 bridgehead atoms. The SMILES string of the molecule is CCc1cc(-c2c(OC)ncnc2C2CC2)nn1CC.CO. The summed E-state index contributed by atoms with van der Waals surface area (Å²) in [6.45, 7) is 5.13. The first kappa shape index (κ1) is 16.4. The molecule has 120 valence electrons. The van der Waals surface area contributed by atoms with Gasteiger partial charge in [0.15, 0.2) is 0 Å². The van der Waals surface area contributed by atoms with E-state index in [2.05, 4.69) is 29.9 Å². The fourth-order valence-corrected chi connectivity index (χ4v) is 2.58. The normalized spacial score (nSPS) is 13.5. The molecule has 0 saturated heterocycles. The van der Waals surface area contributed by atoms with Gasteiger partial charge in [0.25, 0.3) is 0 Å². The predicted molar refractivity (Wildman–Crippen MR) is 85.0 cm³/mol. The van der Waals surface area contributed by atoms with Crippen molar-refractivity contribution in [2.24, 2.45) is 0 Å². The van der Waals surface area contributed by atoms with E-state index in [1.54, 1.807) is 13.4 Å². The van der Waals surface area contributed by atoms with Gasteiger partial charge >= 0.3 is 0 Å². The largest absolute Gasteiger partial charge is 0.480 e. The average molecular weight is 304 g/mol. The zero-order chi connectivity index (χ0) is 16.1. The first-order chi connectivity index (χ1) is 10.8.